The third-order valence-corrected chi connectivity index (χ3v) is 12.0. The Morgan fingerprint density at radius 2 is 1.48 bits per heavy atom. The molecule has 1 saturated heterocycles. The lowest BCUT2D eigenvalue weighted by atomic mass is 9.77. The van der Waals surface area contributed by atoms with Gasteiger partial charge < -0.3 is 9.64 Å². The van der Waals surface area contributed by atoms with Crippen LogP contribution in [0.25, 0.3) is 30.9 Å². The Labute approximate surface area is 277 Å². The molecule has 8 rings (SSSR count). The lowest BCUT2D eigenvalue weighted by Gasteiger charge is -2.28. The van der Waals surface area contributed by atoms with Crippen LogP contribution in [0.4, 0.5) is 17.1 Å². The quantitative estimate of drug-likeness (QED) is 0.172. The lowest BCUT2D eigenvalue weighted by Crippen LogP contribution is -2.25. The Kier molecular flexibility index (Phi) is 7.92. The first-order chi connectivity index (χ1) is 22.6. The molecule has 2 fully saturated rings. The number of fused-ring (bicyclic) bond motifs is 5. The zero-order chi connectivity index (χ0) is 31.2. The number of para-hydroxylation sites is 1. The topological polar surface area (TPSA) is 12.5 Å². The first-order valence-corrected chi connectivity index (χ1v) is 18.0. The molecule has 1 aliphatic carbocycles. The van der Waals surface area contributed by atoms with Crippen molar-refractivity contribution in [3.63, 3.8) is 0 Å². The molecule has 3 heteroatoms. The second-order valence-corrected chi connectivity index (χ2v) is 14.8. The number of rotatable bonds is 6. The molecule has 1 aliphatic heterocycles. The van der Waals surface area contributed by atoms with Crippen LogP contribution in [0.3, 0.4) is 0 Å². The number of hydrogen-bond acceptors (Lipinski definition) is 3. The van der Waals surface area contributed by atoms with Gasteiger partial charge in [0.25, 0.3) is 0 Å². The summed E-state index contributed by atoms with van der Waals surface area (Å²) in [4.78, 5) is 2.45. The first-order valence-electron chi connectivity index (χ1n) is 17.1. The lowest BCUT2D eigenvalue weighted by molar-refractivity contribution is 0.0448. The Morgan fingerprint density at radius 1 is 0.739 bits per heavy atom. The van der Waals surface area contributed by atoms with Gasteiger partial charge >= 0.3 is 0 Å². The standard InChI is InChI=1S/C43H43NOS/c1-4-12-39-29(3)43-28(2)25-30(19-23-40(43)45-39)26-31-20-22-38(35-16-9-8-15-34(31)35)44(32-13-6-5-7-14-32)33-21-24-42-37(27-33)36-17-10-11-18-41(36)46-42/h4-18,20-22,24,27-30,39-40,43H,19,23,25-26H2,1-3H3/b12-4-. The molecule has 0 amide bonds. The van der Waals surface area contributed by atoms with E-state index in [1.54, 1.807) is 0 Å². The van der Waals surface area contributed by atoms with Gasteiger partial charge in [-0.15, -0.1) is 11.3 Å². The molecule has 2 heterocycles. The van der Waals surface area contributed by atoms with Crippen molar-refractivity contribution in [1.82, 2.24) is 0 Å². The third kappa shape index (κ3) is 5.24. The van der Waals surface area contributed by atoms with Crippen LogP contribution in [0.5, 0.6) is 0 Å². The van der Waals surface area contributed by atoms with Crippen molar-refractivity contribution in [2.45, 2.75) is 58.7 Å². The predicted octanol–water partition coefficient (Wildman–Crippen LogP) is 12.3. The molecule has 5 aromatic carbocycles. The van der Waals surface area contributed by atoms with Crippen LogP contribution in [0, 0.1) is 23.7 Å². The van der Waals surface area contributed by atoms with Gasteiger partial charge in [0.15, 0.2) is 0 Å². The summed E-state index contributed by atoms with van der Waals surface area (Å²) in [5, 5.41) is 5.33. The van der Waals surface area contributed by atoms with Crippen molar-refractivity contribution in [3.05, 3.63) is 127 Å². The SMILES string of the molecule is C/C=C\C1OC2CCC(Cc3ccc(N(c4ccccc4)c4ccc5sc6ccccc6c5c4)c4ccccc34)CC(C)C2C1C. The number of hydrogen-bond donors (Lipinski definition) is 0. The van der Waals surface area contributed by atoms with E-state index in [4.69, 9.17) is 4.74 Å². The van der Waals surface area contributed by atoms with E-state index in [0.29, 0.717) is 29.8 Å². The highest BCUT2D eigenvalue weighted by Crippen LogP contribution is 2.47. The van der Waals surface area contributed by atoms with E-state index in [0.717, 1.165) is 6.42 Å². The van der Waals surface area contributed by atoms with E-state index < -0.39 is 0 Å². The fourth-order valence-corrected chi connectivity index (χ4v) is 9.89. The van der Waals surface area contributed by atoms with Crippen LogP contribution in [0.1, 0.15) is 45.6 Å². The number of allylic oxidation sites excluding steroid dienone is 1. The van der Waals surface area contributed by atoms with E-state index in [9.17, 15) is 0 Å². The van der Waals surface area contributed by atoms with Crippen molar-refractivity contribution < 1.29 is 4.74 Å². The Bertz CT molecular complexity index is 2030. The van der Waals surface area contributed by atoms with Gasteiger partial charge in [0.2, 0.25) is 0 Å². The maximum absolute atomic E-state index is 6.62. The molecule has 0 radical (unpaired) electrons. The average molecular weight is 622 g/mol. The van der Waals surface area contributed by atoms with Gasteiger partial charge in [0.1, 0.15) is 0 Å². The monoisotopic (exact) mass is 621 g/mol. The number of thiophene rings is 1. The van der Waals surface area contributed by atoms with Gasteiger partial charge in [-0.1, -0.05) is 92.7 Å². The number of anilines is 3. The Balaban J connectivity index is 1.16. The molecule has 0 N–H and O–H groups in total. The summed E-state index contributed by atoms with van der Waals surface area (Å²) in [5.41, 5.74) is 5.06. The molecular weight excluding hydrogens is 579 g/mol. The van der Waals surface area contributed by atoms with Crippen LogP contribution in [0.15, 0.2) is 121 Å². The molecule has 0 spiro atoms. The van der Waals surface area contributed by atoms with Gasteiger partial charge in [-0.2, -0.15) is 0 Å². The van der Waals surface area contributed by atoms with Crippen LogP contribution in [0.2, 0.25) is 0 Å². The summed E-state index contributed by atoms with van der Waals surface area (Å²) in [6, 6.07) is 40.5. The minimum Gasteiger partial charge on any atom is -0.370 e. The Morgan fingerprint density at radius 3 is 2.30 bits per heavy atom. The van der Waals surface area contributed by atoms with Crippen LogP contribution < -0.4 is 4.90 Å². The van der Waals surface area contributed by atoms with E-state index in [1.165, 1.54) is 72.8 Å². The largest absolute Gasteiger partial charge is 0.370 e. The average Bonchev–Trinajstić information content (AvgIpc) is 3.56. The maximum Gasteiger partial charge on any atom is 0.0788 e. The molecule has 6 aromatic rings. The van der Waals surface area contributed by atoms with E-state index >= 15 is 0 Å². The Hall–Kier alpha value is -3.92. The fourth-order valence-electron chi connectivity index (χ4n) is 8.80. The predicted molar refractivity (Wildman–Crippen MR) is 198 cm³/mol. The molecule has 6 atom stereocenters. The molecule has 232 valence electrons. The normalized spacial score (nSPS) is 24.9. The van der Waals surface area contributed by atoms with Gasteiger partial charge in [-0.25, -0.2) is 0 Å². The molecule has 0 bridgehead atoms. The van der Waals surface area contributed by atoms with Crippen LogP contribution >= 0.6 is 11.3 Å². The van der Waals surface area contributed by atoms with Crippen LogP contribution in [-0.4, -0.2) is 12.2 Å². The van der Waals surface area contributed by atoms with Crippen molar-refractivity contribution in [2.24, 2.45) is 23.7 Å². The van der Waals surface area contributed by atoms with Gasteiger partial charge in [0.05, 0.1) is 17.9 Å². The smallest absolute Gasteiger partial charge is 0.0788 e. The summed E-state index contributed by atoms with van der Waals surface area (Å²) in [7, 11) is 0. The molecule has 1 saturated carbocycles. The number of benzene rings is 5. The summed E-state index contributed by atoms with van der Waals surface area (Å²) in [5.74, 6) is 2.59. The van der Waals surface area contributed by atoms with E-state index in [1.807, 2.05) is 11.3 Å². The number of ether oxygens (including phenoxy) is 1. The minimum absolute atomic E-state index is 0.280. The molecule has 46 heavy (non-hydrogen) atoms. The minimum atomic E-state index is 0.280. The molecule has 2 nitrogen and oxygen atoms in total. The van der Waals surface area contributed by atoms with E-state index in [-0.39, 0.29) is 6.10 Å². The van der Waals surface area contributed by atoms with Crippen LogP contribution in [-0.2, 0) is 11.2 Å². The van der Waals surface area contributed by atoms with E-state index in [2.05, 4.69) is 147 Å². The van der Waals surface area contributed by atoms with Gasteiger partial charge in [-0.3, -0.25) is 0 Å². The molecule has 1 aromatic heterocycles. The summed E-state index contributed by atoms with van der Waals surface area (Å²) in [6.07, 6.45) is 9.92. The first kappa shape index (κ1) is 29.5. The highest BCUT2D eigenvalue weighted by atomic mass is 32.1. The van der Waals surface area contributed by atoms with Gasteiger partial charge in [0, 0.05) is 36.9 Å². The van der Waals surface area contributed by atoms with Gasteiger partial charge in [-0.05, 0) is 110 Å². The maximum atomic E-state index is 6.62. The molecule has 6 unspecified atom stereocenters. The summed E-state index contributed by atoms with van der Waals surface area (Å²) >= 11 is 1.87. The molecule has 2 aliphatic rings. The van der Waals surface area contributed by atoms with Crippen molar-refractivity contribution >= 4 is 59.3 Å². The zero-order valence-corrected chi connectivity index (χ0v) is 27.9. The second-order valence-electron chi connectivity index (χ2n) is 13.7. The fraction of sp³-hybridized carbons (Fsp3) is 0.302. The summed E-state index contributed by atoms with van der Waals surface area (Å²) in [6.45, 7) is 7.01. The second kappa shape index (κ2) is 12.4. The third-order valence-electron chi connectivity index (χ3n) is 10.9. The van der Waals surface area contributed by atoms with Crippen molar-refractivity contribution in [2.75, 3.05) is 4.90 Å². The highest BCUT2D eigenvalue weighted by molar-refractivity contribution is 7.25. The van der Waals surface area contributed by atoms with Crippen molar-refractivity contribution in [1.29, 1.82) is 0 Å². The van der Waals surface area contributed by atoms with Crippen molar-refractivity contribution in [3.8, 4) is 0 Å². The number of nitrogens with zero attached hydrogens (tertiary/aromatic N) is 1. The zero-order valence-electron chi connectivity index (χ0n) is 27.1. The highest BCUT2D eigenvalue weighted by Gasteiger charge is 2.45. The molecular formula is C43H43NOS. The summed E-state index contributed by atoms with van der Waals surface area (Å²) < 4.78 is 9.29.